The van der Waals surface area contributed by atoms with Crippen molar-refractivity contribution in [3.8, 4) is 0 Å². The van der Waals surface area contributed by atoms with Gasteiger partial charge in [-0.1, -0.05) is 11.6 Å². The molecule has 0 radical (unpaired) electrons. The van der Waals surface area contributed by atoms with E-state index in [1.54, 1.807) is 24.3 Å². The molecule has 0 aliphatic heterocycles. The number of benzene rings is 1. The number of aromatic amines is 1. The average Bonchev–Trinajstić information content (AvgIpc) is 3.15. The Labute approximate surface area is 114 Å². The molecule has 1 fully saturated rings. The normalized spacial score (nSPS) is 14.4. The SMILES string of the molecule is O=C(NNC(=O)C1CC1)c1cc2cc(Cl)ccc2[nH]1. The number of fused-ring (bicyclic) bond motifs is 1. The molecule has 1 aliphatic rings. The molecule has 1 aromatic carbocycles. The van der Waals surface area contributed by atoms with Crippen LogP contribution in [0.25, 0.3) is 10.9 Å². The summed E-state index contributed by atoms with van der Waals surface area (Å²) in [6.07, 6.45) is 1.79. The van der Waals surface area contributed by atoms with E-state index in [1.165, 1.54) is 0 Å². The molecular formula is C13H12ClN3O2. The van der Waals surface area contributed by atoms with Crippen LogP contribution in [0.5, 0.6) is 0 Å². The number of H-pyrrole nitrogens is 1. The first-order valence-electron chi connectivity index (χ1n) is 6.02. The summed E-state index contributed by atoms with van der Waals surface area (Å²) < 4.78 is 0. The van der Waals surface area contributed by atoms with Gasteiger partial charge in [-0.15, -0.1) is 0 Å². The molecule has 0 unspecified atom stereocenters. The molecular weight excluding hydrogens is 266 g/mol. The largest absolute Gasteiger partial charge is 0.350 e. The van der Waals surface area contributed by atoms with E-state index >= 15 is 0 Å². The number of halogens is 1. The lowest BCUT2D eigenvalue weighted by Gasteiger charge is -2.04. The maximum absolute atomic E-state index is 11.9. The van der Waals surface area contributed by atoms with Crippen molar-refractivity contribution in [3.05, 3.63) is 35.0 Å². The van der Waals surface area contributed by atoms with Gasteiger partial charge in [0.25, 0.3) is 5.91 Å². The van der Waals surface area contributed by atoms with E-state index in [9.17, 15) is 9.59 Å². The third kappa shape index (κ3) is 2.56. The highest BCUT2D eigenvalue weighted by molar-refractivity contribution is 6.31. The van der Waals surface area contributed by atoms with Crippen molar-refractivity contribution in [2.45, 2.75) is 12.8 Å². The topological polar surface area (TPSA) is 74.0 Å². The fourth-order valence-electron chi connectivity index (χ4n) is 1.86. The molecule has 0 spiro atoms. The Morgan fingerprint density at radius 1 is 1.21 bits per heavy atom. The second-order valence-electron chi connectivity index (χ2n) is 4.63. The van der Waals surface area contributed by atoms with Crippen LogP contribution >= 0.6 is 11.6 Å². The lowest BCUT2D eigenvalue weighted by molar-refractivity contribution is -0.123. The van der Waals surface area contributed by atoms with Gasteiger partial charge in [-0.05, 0) is 37.1 Å². The number of carbonyl (C=O) groups is 2. The predicted molar refractivity (Wildman–Crippen MR) is 71.6 cm³/mol. The molecule has 6 heteroatoms. The second kappa shape index (κ2) is 4.59. The number of hydrogen-bond donors (Lipinski definition) is 3. The minimum Gasteiger partial charge on any atom is -0.350 e. The van der Waals surface area contributed by atoms with Gasteiger partial charge in [-0.25, -0.2) is 0 Å². The van der Waals surface area contributed by atoms with Gasteiger partial charge in [0, 0.05) is 21.8 Å². The summed E-state index contributed by atoms with van der Waals surface area (Å²) in [6.45, 7) is 0. The molecule has 0 atom stereocenters. The van der Waals surface area contributed by atoms with Gasteiger partial charge in [0.05, 0.1) is 0 Å². The van der Waals surface area contributed by atoms with Crippen LogP contribution in [0, 0.1) is 5.92 Å². The third-order valence-electron chi connectivity index (χ3n) is 3.07. The molecule has 1 aromatic heterocycles. The first-order valence-corrected chi connectivity index (χ1v) is 6.40. The Morgan fingerprint density at radius 3 is 2.74 bits per heavy atom. The Balaban J connectivity index is 1.71. The fraction of sp³-hybridized carbons (Fsp3) is 0.231. The number of hydrazine groups is 1. The van der Waals surface area contributed by atoms with Crippen LogP contribution in [0.4, 0.5) is 0 Å². The monoisotopic (exact) mass is 277 g/mol. The Hall–Kier alpha value is -2.01. The highest BCUT2D eigenvalue weighted by Crippen LogP contribution is 2.28. The smallest absolute Gasteiger partial charge is 0.286 e. The summed E-state index contributed by atoms with van der Waals surface area (Å²) in [5.74, 6) is -0.448. The summed E-state index contributed by atoms with van der Waals surface area (Å²) in [5, 5.41) is 1.46. The molecule has 5 nitrogen and oxygen atoms in total. The number of amides is 2. The molecule has 19 heavy (non-hydrogen) atoms. The molecule has 0 saturated heterocycles. The number of nitrogens with one attached hydrogen (secondary N) is 3. The van der Waals surface area contributed by atoms with Crippen LogP contribution in [0.2, 0.25) is 5.02 Å². The molecule has 3 N–H and O–H groups in total. The van der Waals surface area contributed by atoms with Crippen LogP contribution in [-0.2, 0) is 4.79 Å². The maximum atomic E-state index is 11.9. The van der Waals surface area contributed by atoms with Crippen molar-refractivity contribution in [1.82, 2.24) is 15.8 Å². The summed E-state index contributed by atoms with van der Waals surface area (Å²) in [6, 6.07) is 7.01. The zero-order chi connectivity index (χ0) is 13.4. The Kier molecular flexibility index (Phi) is 2.91. The molecule has 98 valence electrons. The van der Waals surface area contributed by atoms with Crippen molar-refractivity contribution >= 4 is 34.3 Å². The molecule has 3 rings (SSSR count). The van der Waals surface area contributed by atoms with E-state index in [0.717, 1.165) is 23.7 Å². The quantitative estimate of drug-likeness (QED) is 0.735. The van der Waals surface area contributed by atoms with Crippen LogP contribution in [0.1, 0.15) is 23.3 Å². The average molecular weight is 278 g/mol. The molecule has 1 aliphatic carbocycles. The van der Waals surface area contributed by atoms with Crippen molar-refractivity contribution in [2.24, 2.45) is 5.92 Å². The lowest BCUT2D eigenvalue weighted by atomic mass is 10.2. The van der Waals surface area contributed by atoms with Gasteiger partial charge in [0.1, 0.15) is 5.69 Å². The summed E-state index contributed by atoms with van der Waals surface area (Å²) in [5.41, 5.74) is 6.01. The Bertz CT molecular complexity index is 661. The van der Waals surface area contributed by atoms with Gasteiger partial charge in [0.15, 0.2) is 0 Å². The van der Waals surface area contributed by atoms with E-state index < -0.39 is 0 Å². The van der Waals surface area contributed by atoms with Crippen LogP contribution < -0.4 is 10.9 Å². The molecule has 2 aromatic rings. The summed E-state index contributed by atoms with van der Waals surface area (Å²) >= 11 is 5.88. The number of carbonyl (C=O) groups excluding carboxylic acids is 2. The van der Waals surface area contributed by atoms with Crippen molar-refractivity contribution < 1.29 is 9.59 Å². The van der Waals surface area contributed by atoms with Crippen LogP contribution in [0.3, 0.4) is 0 Å². The minimum atomic E-state index is -0.374. The van der Waals surface area contributed by atoms with Crippen LogP contribution in [-0.4, -0.2) is 16.8 Å². The summed E-state index contributed by atoms with van der Waals surface area (Å²) in [4.78, 5) is 26.2. The second-order valence-corrected chi connectivity index (χ2v) is 5.07. The van der Waals surface area contributed by atoms with E-state index in [0.29, 0.717) is 10.7 Å². The zero-order valence-corrected chi connectivity index (χ0v) is 10.8. The predicted octanol–water partition coefficient (Wildman–Crippen LogP) is 1.99. The molecule has 1 saturated carbocycles. The highest BCUT2D eigenvalue weighted by Gasteiger charge is 2.29. The highest BCUT2D eigenvalue weighted by atomic mass is 35.5. The van der Waals surface area contributed by atoms with Crippen LogP contribution in [0.15, 0.2) is 24.3 Å². The fourth-order valence-corrected chi connectivity index (χ4v) is 2.04. The molecule has 2 amide bonds. The van der Waals surface area contributed by atoms with Crippen molar-refractivity contribution in [1.29, 1.82) is 0 Å². The van der Waals surface area contributed by atoms with Gasteiger partial charge in [-0.3, -0.25) is 20.4 Å². The maximum Gasteiger partial charge on any atom is 0.286 e. The number of rotatable bonds is 2. The van der Waals surface area contributed by atoms with Gasteiger partial charge < -0.3 is 4.98 Å². The van der Waals surface area contributed by atoms with Gasteiger partial charge in [0.2, 0.25) is 5.91 Å². The van der Waals surface area contributed by atoms with Gasteiger partial charge in [-0.2, -0.15) is 0 Å². The van der Waals surface area contributed by atoms with E-state index in [4.69, 9.17) is 11.6 Å². The Morgan fingerprint density at radius 2 is 2.00 bits per heavy atom. The number of aromatic nitrogens is 1. The lowest BCUT2D eigenvalue weighted by Crippen LogP contribution is -2.42. The van der Waals surface area contributed by atoms with Crippen molar-refractivity contribution in [2.75, 3.05) is 0 Å². The first-order chi connectivity index (χ1) is 9.13. The van der Waals surface area contributed by atoms with E-state index in [2.05, 4.69) is 15.8 Å². The van der Waals surface area contributed by atoms with Gasteiger partial charge >= 0.3 is 0 Å². The minimum absolute atomic E-state index is 0.0572. The molecule has 0 bridgehead atoms. The van der Waals surface area contributed by atoms with E-state index in [1.807, 2.05) is 0 Å². The zero-order valence-electron chi connectivity index (χ0n) is 10.00. The molecule has 1 heterocycles. The van der Waals surface area contributed by atoms with E-state index in [-0.39, 0.29) is 17.7 Å². The summed E-state index contributed by atoms with van der Waals surface area (Å²) in [7, 11) is 0. The van der Waals surface area contributed by atoms with Crippen molar-refractivity contribution in [3.63, 3.8) is 0 Å². The number of hydrogen-bond acceptors (Lipinski definition) is 2. The third-order valence-corrected chi connectivity index (χ3v) is 3.31. The standard InChI is InChI=1S/C13H12ClN3O2/c14-9-3-4-10-8(5-9)6-11(15-10)13(19)17-16-12(18)7-1-2-7/h3-7,15H,1-2H2,(H,16,18)(H,17,19). The first kappa shape index (κ1) is 12.0.